The lowest BCUT2D eigenvalue weighted by atomic mass is 10.1. The van der Waals surface area contributed by atoms with Gasteiger partial charge >= 0.3 is 0 Å². The first kappa shape index (κ1) is 9.19. The van der Waals surface area contributed by atoms with Gasteiger partial charge in [-0.2, -0.15) is 0 Å². The van der Waals surface area contributed by atoms with Crippen LogP contribution >= 0.6 is 0 Å². The fraction of sp³-hybridized carbons (Fsp3) is 0.625. The predicted octanol–water partition coefficient (Wildman–Crippen LogP) is 1.12. The largest absolute Gasteiger partial charge is 0.343 e. The number of hydrogen-bond donors (Lipinski definition) is 2. The molecule has 3 nitrogen and oxygen atoms in total. The molecule has 0 saturated carbocycles. The lowest BCUT2D eigenvalue weighted by Crippen LogP contribution is -2.10. The van der Waals surface area contributed by atoms with Crippen LogP contribution in [-0.4, -0.2) is 16.5 Å². The van der Waals surface area contributed by atoms with Gasteiger partial charge < -0.3 is 10.7 Å². The van der Waals surface area contributed by atoms with Crippen LogP contribution in [0.5, 0.6) is 0 Å². The van der Waals surface area contributed by atoms with Crippen molar-refractivity contribution in [2.75, 3.05) is 6.54 Å². The predicted molar refractivity (Wildman–Crippen MR) is 45.5 cm³/mol. The molecular formula is C8H14FN3. The van der Waals surface area contributed by atoms with Gasteiger partial charge in [0.25, 0.3) is 0 Å². The summed E-state index contributed by atoms with van der Waals surface area (Å²) in [5, 5.41) is 0. The number of aromatic nitrogens is 2. The molecule has 1 heterocycles. The average molecular weight is 171 g/mol. The lowest BCUT2D eigenvalue weighted by Gasteiger charge is -2.10. The smallest absolute Gasteiger partial charge is 0.146 e. The second-order valence-corrected chi connectivity index (χ2v) is 3.25. The van der Waals surface area contributed by atoms with Gasteiger partial charge in [-0.25, -0.2) is 9.37 Å². The molecule has 0 aromatic carbocycles. The van der Waals surface area contributed by atoms with Crippen LogP contribution in [0.1, 0.15) is 25.4 Å². The topological polar surface area (TPSA) is 54.7 Å². The van der Waals surface area contributed by atoms with Crippen molar-refractivity contribution >= 4 is 0 Å². The van der Waals surface area contributed by atoms with Crippen molar-refractivity contribution in [3.63, 3.8) is 0 Å². The first-order valence-corrected chi connectivity index (χ1v) is 3.97. The second kappa shape index (κ2) is 3.23. The van der Waals surface area contributed by atoms with Crippen molar-refractivity contribution in [3.05, 3.63) is 17.7 Å². The minimum absolute atomic E-state index is 0.506. The molecule has 0 aliphatic heterocycles. The van der Waals surface area contributed by atoms with Gasteiger partial charge in [0, 0.05) is 6.42 Å². The highest BCUT2D eigenvalue weighted by molar-refractivity contribution is 5.09. The van der Waals surface area contributed by atoms with Gasteiger partial charge in [0.2, 0.25) is 0 Å². The van der Waals surface area contributed by atoms with Crippen molar-refractivity contribution < 1.29 is 4.39 Å². The number of rotatable bonds is 3. The van der Waals surface area contributed by atoms with Crippen molar-refractivity contribution in [1.82, 2.24) is 9.97 Å². The summed E-state index contributed by atoms with van der Waals surface area (Å²) in [6.07, 6.45) is 2.18. The Morgan fingerprint density at radius 2 is 2.33 bits per heavy atom. The molecule has 68 valence electrons. The molecule has 0 saturated heterocycles. The van der Waals surface area contributed by atoms with E-state index in [-0.39, 0.29) is 0 Å². The Morgan fingerprint density at radius 1 is 1.67 bits per heavy atom. The number of halogens is 1. The lowest BCUT2D eigenvalue weighted by molar-refractivity contribution is 0.215. The number of nitrogens with two attached hydrogens (primary N) is 1. The first-order chi connectivity index (χ1) is 5.54. The van der Waals surface area contributed by atoms with E-state index < -0.39 is 5.67 Å². The van der Waals surface area contributed by atoms with Crippen LogP contribution in [0.15, 0.2) is 6.20 Å². The van der Waals surface area contributed by atoms with Gasteiger partial charge in [0.05, 0.1) is 11.9 Å². The van der Waals surface area contributed by atoms with Gasteiger partial charge in [-0.05, 0) is 20.4 Å². The van der Waals surface area contributed by atoms with Gasteiger partial charge in [-0.1, -0.05) is 0 Å². The highest BCUT2D eigenvalue weighted by Gasteiger charge is 2.20. The molecule has 0 fully saturated rings. The Labute approximate surface area is 71.2 Å². The summed E-state index contributed by atoms with van der Waals surface area (Å²) in [5.41, 5.74) is 4.48. The monoisotopic (exact) mass is 171 g/mol. The molecule has 0 amide bonds. The summed E-state index contributed by atoms with van der Waals surface area (Å²) in [4.78, 5) is 6.88. The molecule has 12 heavy (non-hydrogen) atoms. The Kier molecular flexibility index (Phi) is 2.47. The van der Waals surface area contributed by atoms with Crippen molar-refractivity contribution in [2.24, 2.45) is 5.73 Å². The number of H-pyrrole nitrogens is 1. The maximum absolute atomic E-state index is 13.3. The van der Waals surface area contributed by atoms with Crippen molar-refractivity contribution in [3.8, 4) is 0 Å². The zero-order chi connectivity index (χ0) is 9.19. The zero-order valence-corrected chi connectivity index (χ0v) is 7.39. The number of alkyl halides is 1. The Hall–Kier alpha value is -0.900. The molecular weight excluding hydrogens is 157 g/mol. The molecule has 4 heteroatoms. The van der Waals surface area contributed by atoms with Crippen LogP contribution in [0, 0.1) is 0 Å². The van der Waals surface area contributed by atoms with Crippen LogP contribution in [0.25, 0.3) is 0 Å². The summed E-state index contributed by atoms with van der Waals surface area (Å²) in [5.74, 6) is 0.748. The van der Waals surface area contributed by atoms with E-state index in [9.17, 15) is 4.39 Å². The number of aromatic amines is 1. The third-order valence-electron chi connectivity index (χ3n) is 1.65. The second-order valence-electron chi connectivity index (χ2n) is 3.25. The van der Waals surface area contributed by atoms with Crippen molar-refractivity contribution in [2.45, 2.75) is 25.9 Å². The molecule has 0 atom stereocenters. The molecule has 0 radical (unpaired) electrons. The van der Waals surface area contributed by atoms with Crippen LogP contribution in [0.4, 0.5) is 4.39 Å². The fourth-order valence-electron chi connectivity index (χ4n) is 0.928. The van der Waals surface area contributed by atoms with E-state index in [2.05, 4.69) is 9.97 Å². The van der Waals surface area contributed by atoms with E-state index in [1.807, 2.05) is 0 Å². The van der Waals surface area contributed by atoms with E-state index in [4.69, 9.17) is 5.73 Å². The van der Waals surface area contributed by atoms with E-state index >= 15 is 0 Å². The number of nitrogens with one attached hydrogen (secondary N) is 1. The third kappa shape index (κ3) is 2.04. The van der Waals surface area contributed by atoms with Gasteiger partial charge in [0.15, 0.2) is 0 Å². The van der Waals surface area contributed by atoms with E-state index in [1.54, 1.807) is 0 Å². The summed E-state index contributed by atoms with van der Waals surface area (Å²) < 4.78 is 13.3. The minimum atomic E-state index is -1.35. The molecule has 0 bridgehead atoms. The highest BCUT2D eigenvalue weighted by Crippen LogP contribution is 2.21. The molecule has 0 aliphatic carbocycles. The van der Waals surface area contributed by atoms with Crippen molar-refractivity contribution in [1.29, 1.82) is 0 Å². The molecule has 3 N–H and O–H groups in total. The van der Waals surface area contributed by atoms with E-state index in [1.165, 1.54) is 20.0 Å². The number of imidazole rings is 1. The van der Waals surface area contributed by atoms with Gasteiger partial charge in [0.1, 0.15) is 11.5 Å². The third-order valence-corrected chi connectivity index (χ3v) is 1.65. The van der Waals surface area contributed by atoms with E-state index in [0.29, 0.717) is 18.7 Å². The Bertz CT molecular complexity index is 249. The molecule has 1 aromatic rings. The highest BCUT2D eigenvalue weighted by atomic mass is 19.1. The normalized spacial score (nSPS) is 12.0. The summed E-state index contributed by atoms with van der Waals surface area (Å²) >= 11 is 0. The molecule has 0 unspecified atom stereocenters. The summed E-state index contributed by atoms with van der Waals surface area (Å²) in [6, 6.07) is 0. The molecule has 0 aliphatic rings. The van der Waals surface area contributed by atoms with E-state index in [0.717, 1.165) is 5.82 Å². The minimum Gasteiger partial charge on any atom is -0.343 e. The Balaban J connectivity index is 2.77. The van der Waals surface area contributed by atoms with Crippen LogP contribution in [0.3, 0.4) is 0 Å². The van der Waals surface area contributed by atoms with Crippen LogP contribution in [-0.2, 0) is 12.1 Å². The fourth-order valence-corrected chi connectivity index (χ4v) is 0.928. The average Bonchev–Trinajstić information content (AvgIpc) is 2.35. The first-order valence-electron chi connectivity index (χ1n) is 3.97. The molecule has 0 spiro atoms. The number of hydrogen-bond acceptors (Lipinski definition) is 2. The zero-order valence-electron chi connectivity index (χ0n) is 7.39. The summed E-state index contributed by atoms with van der Waals surface area (Å²) in [6.45, 7) is 3.51. The molecule has 1 aromatic heterocycles. The maximum atomic E-state index is 13.3. The Morgan fingerprint density at radius 3 is 2.75 bits per heavy atom. The molecule has 1 rings (SSSR count). The maximum Gasteiger partial charge on any atom is 0.146 e. The SMILES string of the molecule is CC(C)(F)c1cnc(CCN)[nH]1. The van der Waals surface area contributed by atoms with Crippen LogP contribution in [0.2, 0.25) is 0 Å². The number of nitrogens with zero attached hydrogens (tertiary/aromatic N) is 1. The quantitative estimate of drug-likeness (QED) is 0.716. The summed E-state index contributed by atoms with van der Waals surface area (Å²) in [7, 11) is 0. The van der Waals surface area contributed by atoms with Gasteiger partial charge in [-0.3, -0.25) is 0 Å². The van der Waals surface area contributed by atoms with Gasteiger partial charge in [-0.15, -0.1) is 0 Å². The standard InChI is InChI=1S/C8H14FN3/c1-8(2,9)6-5-11-7(12-6)3-4-10/h5H,3-4,10H2,1-2H3,(H,11,12). The van der Waals surface area contributed by atoms with Crippen LogP contribution < -0.4 is 5.73 Å².